The van der Waals surface area contributed by atoms with Gasteiger partial charge in [0.15, 0.2) is 0 Å². The van der Waals surface area contributed by atoms with Gasteiger partial charge >= 0.3 is 11.1 Å². The molecule has 32 heavy (non-hydrogen) atoms. The summed E-state index contributed by atoms with van der Waals surface area (Å²) in [6.45, 7) is 4.73. The molecule has 2 heterocycles. The molecule has 170 valence electrons. The van der Waals surface area contributed by atoms with Gasteiger partial charge < -0.3 is 14.7 Å². The first-order valence-electron chi connectivity index (χ1n) is 10.1. The Bertz CT molecular complexity index is 1340. The van der Waals surface area contributed by atoms with Crippen molar-refractivity contribution in [2.75, 3.05) is 39.3 Å². The van der Waals surface area contributed by atoms with Crippen LogP contribution in [0.4, 0.5) is 0 Å². The normalized spacial score (nSPS) is 15.8. The third-order valence-electron chi connectivity index (χ3n) is 5.46. The summed E-state index contributed by atoms with van der Waals surface area (Å²) in [5, 5.41) is 0.649. The Labute approximate surface area is 189 Å². The zero-order valence-electron chi connectivity index (χ0n) is 17.4. The van der Waals surface area contributed by atoms with Gasteiger partial charge in [-0.2, -0.15) is 4.31 Å². The summed E-state index contributed by atoms with van der Waals surface area (Å²) in [6.07, 6.45) is 0. The predicted octanol–water partition coefficient (Wildman–Crippen LogP) is 1.56. The summed E-state index contributed by atoms with van der Waals surface area (Å²) < 4.78 is 33.5. The molecule has 2 aromatic carbocycles. The molecule has 0 spiro atoms. The summed E-state index contributed by atoms with van der Waals surface area (Å²) in [5.74, 6) is 0.738. The van der Waals surface area contributed by atoms with Gasteiger partial charge in [0.25, 0.3) is 0 Å². The molecule has 0 radical (unpaired) electrons. The molecule has 1 saturated heterocycles. The lowest BCUT2D eigenvalue weighted by atomic mass is 10.2. The van der Waals surface area contributed by atoms with Gasteiger partial charge in [0, 0.05) is 37.7 Å². The highest BCUT2D eigenvalue weighted by molar-refractivity contribution is 7.89. The van der Waals surface area contributed by atoms with Crippen LogP contribution in [0.15, 0.2) is 50.9 Å². The zero-order valence-corrected chi connectivity index (χ0v) is 19.0. The highest BCUT2D eigenvalue weighted by atomic mass is 35.5. The highest BCUT2D eigenvalue weighted by Gasteiger charge is 2.29. The average molecular weight is 479 g/mol. The molecule has 0 unspecified atom stereocenters. The zero-order chi connectivity index (χ0) is 22.9. The molecule has 0 aliphatic carbocycles. The minimum atomic E-state index is -3.74. The van der Waals surface area contributed by atoms with Crippen LogP contribution in [0.2, 0.25) is 5.02 Å². The SMILES string of the molecule is Cc1cc(S(=O)(=O)N2CCN(CCOc3ccc(Cl)cc3)CC2)cc2[nH]c(=O)c(=O)[nH]c12. The molecule has 0 amide bonds. The Morgan fingerprint density at radius 2 is 1.66 bits per heavy atom. The summed E-state index contributed by atoms with van der Waals surface area (Å²) in [5.41, 5.74) is -0.328. The number of aromatic nitrogens is 2. The van der Waals surface area contributed by atoms with Crippen molar-refractivity contribution in [3.63, 3.8) is 0 Å². The molecule has 1 fully saturated rings. The van der Waals surface area contributed by atoms with E-state index in [2.05, 4.69) is 14.9 Å². The predicted molar refractivity (Wildman–Crippen MR) is 122 cm³/mol. The van der Waals surface area contributed by atoms with E-state index in [-0.39, 0.29) is 10.4 Å². The second-order valence-corrected chi connectivity index (χ2v) is 9.99. The summed E-state index contributed by atoms with van der Waals surface area (Å²) in [6, 6.07) is 10.0. The number of halogens is 1. The Kier molecular flexibility index (Phi) is 6.38. The summed E-state index contributed by atoms with van der Waals surface area (Å²) in [7, 11) is -3.74. The van der Waals surface area contributed by atoms with Crippen molar-refractivity contribution < 1.29 is 13.2 Å². The van der Waals surface area contributed by atoms with Crippen LogP contribution < -0.4 is 15.9 Å². The lowest BCUT2D eigenvalue weighted by Gasteiger charge is -2.33. The molecule has 1 aliphatic rings. The number of hydrogen-bond acceptors (Lipinski definition) is 6. The molecular formula is C21H23ClN4O5S. The van der Waals surface area contributed by atoms with Gasteiger partial charge in [-0.25, -0.2) is 8.42 Å². The fraction of sp³-hybridized carbons (Fsp3) is 0.333. The van der Waals surface area contributed by atoms with E-state index in [9.17, 15) is 18.0 Å². The van der Waals surface area contributed by atoms with Crippen LogP contribution in [0.1, 0.15) is 5.56 Å². The van der Waals surface area contributed by atoms with Crippen LogP contribution in [0, 0.1) is 6.92 Å². The molecule has 4 rings (SSSR count). The van der Waals surface area contributed by atoms with Gasteiger partial charge in [-0.1, -0.05) is 11.6 Å². The van der Waals surface area contributed by atoms with Crippen molar-refractivity contribution in [3.05, 3.63) is 67.7 Å². The Hall–Kier alpha value is -2.66. The molecule has 2 N–H and O–H groups in total. The number of aryl methyl sites for hydroxylation is 1. The summed E-state index contributed by atoms with van der Waals surface area (Å²) >= 11 is 5.87. The number of nitrogens with zero attached hydrogens (tertiary/aromatic N) is 2. The van der Waals surface area contributed by atoms with Gasteiger partial charge in [0.05, 0.1) is 15.9 Å². The standard InChI is InChI=1S/C21H23ClN4O5S/c1-14-12-17(13-18-19(14)24-21(28)20(27)23-18)32(29,30)26-8-6-25(7-9-26)10-11-31-16-4-2-15(22)3-5-16/h2-5,12-13H,6-11H2,1H3,(H,23,27)(H,24,28). The van der Waals surface area contributed by atoms with Gasteiger partial charge in [0.2, 0.25) is 10.0 Å². The molecule has 9 nitrogen and oxygen atoms in total. The molecule has 11 heteroatoms. The molecule has 1 aliphatic heterocycles. The minimum Gasteiger partial charge on any atom is -0.492 e. The fourth-order valence-electron chi connectivity index (χ4n) is 3.68. The smallest absolute Gasteiger partial charge is 0.314 e. The minimum absolute atomic E-state index is 0.0877. The lowest BCUT2D eigenvalue weighted by molar-refractivity contribution is 0.159. The number of rotatable bonds is 6. The number of piperazine rings is 1. The van der Waals surface area contributed by atoms with E-state index < -0.39 is 21.1 Å². The first-order chi connectivity index (χ1) is 15.2. The van der Waals surface area contributed by atoms with Crippen LogP contribution in [0.5, 0.6) is 5.75 Å². The molecule has 0 atom stereocenters. The molecule has 1 aromatic heterocycles. The van der Waals surface area contributed by atoms with E-state index in [0.717, 1.165) is 5.75 Å². The molecule has 3 aromatic rings. The third-order valence-corrected chi connectivity index (χ3v) is 7.59. The fourth-order valence-corrected chi connectivity index (χ4v) is 5.34. The number of nitrogens with one attached hydrogen (secondary N) is 2. The molecule has 0 saturated carbocycles. The number of aromatic amines is 2. The van der Waals surface area contributed by atoms with Gasteiger partial charge in [0.1, 0.15) is 12.4 Å². The van der Waals surface area contributed by atoms with Gasteiger partial charge in [-0.3, -0.25) is 14.5 Å². The second kappa shape index (κ2) is 9.07. The van der Waals surface area contributed by atoms with Crippen LogP contribution >= 0.6 is 11.6 Å². The third kappa shape index (κ3) is 4.73. The van der Waals surface area contributed by atoms with E-state index in [0.29, 0.717) is 55.4 Å². The van der Waals surface area contributed by atoms with Crippen LogP contribution in [-0.4, -0.2) is 66.9 Å². The number of sulfonamides is 1. The average Bonchev–Trinajstić information content (AvgIpc) is 2.77. The molecular weight excluding hydrogens is 456 g/mol. The van der Waals surface area contributed by atoms with Gasteiger partial charge in [-0.15, -0.1) is 0 Å². The maximum absolute atomic E-state index is 13.2. The maximum Gasteiger partial charge on any atom is 0.314 e. The molecule has 0 bridgehead atoms. The maximum atomic E-state index is 13.2. The number of benzene rings is 2. The van der Waals surface area contributed by atoms with Crippen molar-refractivity contribution in [1.29, 1.82) is 0 Å². The van der Waals surface area contributed by atoms with Crippen LogP contribution in [-0.2, 0) is 10.0 Å². The van der Waals surface area contributed by atoms with Gasteiger partial charge in [-0.05, 0) is 48.9 Å². The second-order valence-electron chi connectivity index (χ2n) is 7.62. The highest BCUT2D eigenvalue weighted by Crippen LogP contribution is 2.23. The Morgan fingerprint density at radius 1 is 1.00 bits per heavy atom. The van der Waals surface area contributed by atoms with E-state index in [1.807, 2.05) is 0 Å². The van der Waals surface area contributed by atoms with Crippen LogP contribution in [0.3, 0.4) is 0 Å². The van der Waals surface area contributed by atoms with Crippen molar-refractivity contribution >= 4 is 32.7 Å². The summed E-state index contributed by atoms with van der Waals surface area (Å²) in [4.78, 5) is 30.4. The quantitative estimate of drug-likeness (QED) is 0.519. The Morgan fingerprint density at radius 3 is 2.34 bits per heavy atom. The van der Waals surface area contributed by atoms with E-state index >= 15 is 0 Å². The van der Waals surface area contributed by atoms with E-state index in [1.54, 1.807) is 31.2 Å². The van der Waals surface area contributed by atoms with E-state index in [4.69, 9.17) is 16.3 Å². The first-order valence-corrected chi connectivity index (χ1v) is 11.9. The van der Waals surface area contributed by atoms with E-state index in [1.165, 1.54) is 16.4 Å². The van der Waals surface area contributed by atoms with Crippen molar-refractivity contribution in [3.8, 4) is 5.75 Å². The van der Waals surface area contributed by atoms with Crippen molar-refractivity contribution in [2.24, 2.45) is 0 Å². The number of fused-ring (bicyclic) bond motifs is 1. The van der Waals surface area contributed by atoms with Crippen molar-refractivity contribution in [1.82, 2.24) is 19.2 Å². The van der Waals surface area contributed by atoms with Crippen molar-refractivity contribution in [2.45, 2.75) is 11.8 Å². The first kappa shape index (κ1) is 22.5. The monoisotopic (exact) mass is 478 g/mol. The number of hydrogen-bond donors (Lipinski definition) is 2. The topological polar surface area (TPSA) is 116 Å². The number of H-pyrrole nitrogens is 2. The number of ether oxygens (including phenoxy) is 1. The lowest BCUT2D eigenvalue weighted by Crippen LogP contribution is -2.49. The largest absolute Gasteiger partial charge is 0.492 e. The Balaban J connectivity index is 1.40. The van der Waals surface area contributed by atoms with Crippen LogP contribution in [0.25, 0.3) is 11.0 Å².